The Hall–Kier alpha value is -2.99. The molecule has 0 radical (unpaired) electrons. The van der Waals surface area contributed by atoms with Crippen molar-refractivity contribution in [2.45, 2.75) is 45.2 Å². The molecular weight excluding hydrogens is 402 g/mol. The van der Waals surface area contributed by atoms with Crippen molar-refractivity contribution < 1.29 is 9.53 Å². The maximum absolute atomic E-state index is 13.6. The second kappa shape index (κ2) is 9.65. The molecule has 1 aliphatic rings. The summed E-state index contributed by atoms with van der Waals surface area (Å²) in [6.07, 6.45) is 1.60. The predicted octanol–water partition coefficient (Wildman–Crippen LogP) is 4.15. The van der Waals surface area contributed by atoms with Gasteiger partial charge in [0.2, 0.25) is 5.91 Å². The number of hydrogen-bond donors (Lipinski definition) is 0. The van der Waals surface area contributed by atoms with E-state index in [0.29, 0.717) is 36.4 Å². The van der Waals surface area contributed by atoms with Crippen molar-refractivity contribution in [3.05, 3.63) is 76.3 Å². The van der Waals surface area contributed by atoms with Crippen molar-refractivity contribution in [3.63, 3.8) is 0 Å². The number of aromatic nitrogens is 2. The number of nitrogens with zero attached hydrogens (tertiary/aromatic N) is 3. The van der Waals surface area contributed by atoms with Gasteiger partial charge in [0.25, 0.3) is 5.56 Å². The maximum Gasteiger partial charge on any atom is 0.261 e. The molecule has 0 N–H and O–H groups in total. The molecule has 1 saturated carbocycles. The molecule has 1 heterocycles. The molecular formula is C26H31N3O3. The number of rotatable bonds is 9. The van der Waals surface area contributed by atoms with E-state index in [1.54, 1.807) is 17.7 Å². The molecule has 168 valence electrons. The van der Waals surface area contributed by atoms with Crippen LogP contribution in [0.15, 0.2) is 59.4 Å². The van der Waals surface area contributed by atoms with E-state index >= 15 is 0 Å². The molecule has 2 aromatic carbocycles. The Morgan fingerprint density at radius 3 is 2.62 bits per heavy atom. The highest BCUT2D eigenvalue weighted by molar-refractivity contribution is 5.83. The number of carbonyl (C=O) groups excluding carboxylic acids is 1. The Morgan fingerprint density at radius 1 is 1.19 bits per heavy atom. The molecule has 0 bridgehead atoms. The van der Waals surface area contributed by atoms with E-state index in [2.05, 4.69) is 12.1 Å². The molecule has 1 aromatic heterocycles. The average Bonchev–Trinajstić information content (AvgIpc) is 3.63. The van der Waals surface area contributed by atoms with Gasteiger partial charge in [-0.2, -0.15) is 0 Å². The largest absolute Gasteiger partial charge is 0.385 e. The number of para-hydroxylation sites is 1. The van der Waals surface area contributed by atoms with Crippen LogP contribution in [0.4, 0.5) is 0 Å². The van der Waals surface area contributed by atoms with Gasteiger partial charge in [-0.15, -0.1) is 0 Å². The summed E-state index contributed by atoms with van der Waals surface area (Å²) in [6, 6.07) is 17.3. The fourth-order valence-electron chi connectivity index (χ4n) is 4.57. The van der Waals surface area contributed by atoms with Crippen molar-refractivity contribution in [1.82, 2.24) is 14.5 Å². The Morgan fingerprint density at radius 2 is 1.91 bits per heavy atom. The minimum atomic E-state index is -0.311. The molecule has 6 nitrogen and oxygen atoms in total. The third kappa shape index (κ3) is 4.32. The smallest absolute Gasteiger partial charge is 0.261 e. The van der Waals surface area contributed by atoms with Gasteiger partial charge in [-0.05, 0) is 50.3 Å². The molecule has 1 fully saturated rings. The fraction of sp³-hybridized carbons (Fsp3) is 0.423. The Labute approximate surface area is 188 Å². The van der Waals surface area contributed by atoms with Crippen LogP contribution < -0.4 is 5.56 Å². The zero-order valence-corrected chi connectivity index (χ0v) is 19.0. The van der Waals surface area contributed by atoms with Crippen molar-refractivity contribution in [2.75, 3.05) is 20.3 Å². The average molecular weight is 434 g/mol. The molecule has 1 aliphatic carbocycles. The first kappa shape index (κ1) is 22.2. The lowest BCUT2D eigenvalue weighted by atomic mass is 10.1. The van der Waals surface area contributed by atoms with Crippen LogP contribution in [0.3, 0.4) is 0 Å². The van der Waals surface area contributed by atoms with Gasteiger partial charge in [0, 0.05) is 32.7 Å². The number of methoxy groups -OCH3 is 1. The predicted molar refractivity (Wildman–Crippen MR) is 126 cm³/mol. The zero-order chi connectivity index (χ0) is 22.7. The highest BCUT2D eigenvalue weighted by atomic mass is 16.5. The van der Waals surface area contributed by atoms with E-state index in [0.717, 1.165) is 12.8 Å². The molecule has 0 aliphatic heterocycles. The van der Waals surface area contributed by atoms with Gasteiger partial charge in [-0.25, -0.2) is 4.98 Å². The van der Waals surface area contributed by atoms with Gasteiger partial charge in [-0.3, -0.25) is 14.2 Å². The summed E-state index contributed by atoms with van der Waals surface area (Å²) in [5, 5.41) is 0.605. The van der Waals surface area contributed by atoms with Crippen LogP contribution in [-0.2, 0) is 16.1 Å². The van der Waals surface area contributed by atoms with E-state index < -0.39 is 0 Å². The van der Waals surface area contributed by atoms with E-state index in [1.807, 2.05) is 55.1 Å². The summed E-state index contributed by atoms with van der Waals surface area (Å²) >= 11 is 0. The van der Waals surface area contributed by atoms with Gasteiger partial charge >= 0.3 is 0 Å². The first-order valence-corrected chi connectivity index (χ1v) is 11.4. The Kier molecular flexibility index (Phi) is 6.70. The molecule has 3 aromatic rings. The molecule has 0 spiro atoms. The SMILES string of the molecule is CCn1c(C(C)N(CCCOC)C(=O)C2CC2c2ccccc2)nc2ccccc2c1=O. The summed E-state index contributed by atoms with van der Waals surface area (Å²) in [5.41, 5.74) is 1.82. The number of amides is 1. The van der Waals surface area contributed by atoms with Gasteiger partial charge in [0.15, 0.2) is 0 Å². The van der Waals surface area contributed by atoms with Gasteiger partial charge < -0.3 is 9.64 Å². The number of fused-ring (bicyclic) bond motifs is 1. The van der Waals surface area contributed by atoms with Crippen molar-refractivity contribution in [3.8, 4) is 0 Å². The van der Waals surface area contributed by atoms with Crippen LogP contribution in [0.2, 0.25) is 0 Å². The third-order valence-electron chi connectivity index (χ3n) is 6.41. The van der Waals surface area contributed by atoms with Crippen LogP contribution in [0.1, 0.15) is 50.0 Å². The lowest BCUT2D eigenvalue weighted by Crippen LogP contribution is -2.39. The molecule has 1 amide bonds. The lowest BCUT2D eigenvalue weighted by molar-refractivity contribution is -0.135. The van der Waals surface area contributed by atoms with Crippen LogP contribution in [0.5, 0.6) is 0 Å². The second-order valence-corrected chi connectivity index (χ2v) is 8.45. The zero-order valence-electron chi connectivity index (χ0n) is 19.0. The molecule has 3 atom stereocenters. The van der Waals surface area contributed by atoms with E-state index in [9.17, 15) is 9.59 Å². The summed E-state index contributed by atoms with van der Waals surface area (Å²) in [5.74, 6) is 1.01. The molecule has 6 heteroatoms. The van der Waals surface area contributed by atoms with E-state index in [-0.39, 0.29) is 29.3 Å². The fourth-order valence-corrected chi connectivity index (χ4v) is 4.57. The van der Waals surface area contributed by atoms with Gasteiger partial charge in [-0.1, -0.05) is 42.5 Å². The van der Waals surface area contributed by atoms with Crippen LogP contribution in [0.25, 0.3) is 10.9 Å². The lowest BCUT2D eigenvalue weighted by Gasteiger charge is -2.31. The Bertz CT molecular complexity index is 1140. The minimum Gasteiger partial charge on any atom is -0.385 e. The van der Waals surface area contributed by atoms with Crippen LogP contribution in [-0.4, -0.2) is 40.6 Å². The monoisotopic (exact) mass is 433 g/mol. The second-order valence-electron chi connectivity index (χ2n) is 8.45. The van der Waals surface area contributed by atoms with Crippen molar-refractivity contribution in [1.29, 1.82) is 0 Å². The number of carbonyl (C=O) groups is 1. The molecule has 4 rings (SSSR count). The van der Waals surface area contributed by atoms with Crippen LogP contribution >= 0.6 is 0 Å². The van der Waals surface area contributed by atoms with Gasteiger partial charge in [0.05, 0.1) is 16.9 Å². The van der Waals surface area contributed by atoms with Gasteiger partial charge in [0.1, 0.15) is 5.82 Å². The minimum absolute atomic E-state index is 0.0235. The highest BCUT2D eigenvalue weighted by Gasteiger charge is 2.46. The van der Waals surface area contributed by atoms with E-state index in [1.165, 1.54) is 5.56 Å². The highest BCUT2D eigenvalue weighted by Crippen LogP contribution is 2.49. The van der Waals surface area contributed by atoms with Crippen molar-refractivity contribution >= 4 is 16.8 Å². The maximum atomic E-state index is 13.6. The summed E-state index contributed by atoms with van der Waals surface area (Å²) in [4.78, 5) is 33.5. The topological polar surface area (TPSA) is 64.4 Å². The van der Waals surface area contributed by atoms with Crippen molar-refractivity contribution in [2.24, 2.45) is 5.92 Å². The Balaban J connectivity index is 1.66. The standard InChI is InChI=1S/C26H31N3O3/c1-4-28-24(27-23-14-9-8-13-20(23)25(28)30)18(2)29(15-10-16-32-3)26(31)22-17-21(22)19-11-6-5-7-12-19/h5-9,11-14,18,21-22H,4,10,15-17H2,1-3H3. The molecule has 0 saturated heterocycles. The quantitative estimate of drug-likeness (QED) is 0.476. The first-order chi connectivity index (χ1) is 15.6. The summed E-state index contributed by atoms with van der Waals surface area (Å²) in [6.45, 7) is 5.57. The third-order valence-corrected chi connectivity index (χ3v) is 6.41. The summed E-state index contributed by atoms with van der Waals surface area (Å²) < 4.78 is 6.94. The number of hydrogen-bond acceptors (Lipinski definition) is 4. The molecule has 3 unspecified atom stereocenters. The van der Waals surface area contributed by atoms with E-state index in [4.69, 9.17) is 9.72 Å². The molecule has 32 heavy (non-hydrogen) atoms. The number of ether oxygens (including phenoxy) is 1. The number of benzene rings is 2. The normalized spacial score (nSPS) is 18.5. The summed E-state index contributed by atoms with van der Waals surface area (Å²) in [7, 11) is 1.67. The first-order valence-electron chi connectivity index (χ1n) is 11.4. The van der Waals surface area contributed by atoms with Crippen LogP contribution in [0, 0.1) is 5.92 Å².